The van der Waals surface area contributed by atoms with Gasteiger partial charge in [-0.3, -0.25) is 4.79 Å². The van der Waals surface area contributed by atoms with Gasteiger partial charge in [-0.2, -0.15) is 9.41 Å². The fourth-order valence-electron chi connectivity index (χ4n) is 2.89. The van der Waals surface area contributed by atoms with E-state index < -0.39 is 10.0 Å². The molecule has 0 radical (unpaired) electrons. The highest BCUT2D eigenvalue weighted by atomic mass is 32.2. The molecule has 1 aromatic carbocycles. The highest BCUT2D eigenvalue weighted by Crippen LogP contribution is 2.21. The molecule has 0 bridgehead atoms. The maximum Gasteiger partial charge on any atom is 0.271 e. The van der Waals surface area contributed by atoms with Crippen molar-refractivity contribution in [1.82, 2.24) is 9.73 Å². The van der Waals surface area contributed by atoms with Crippen LogP contribution in [0.3, 0.4) is 0 Å². The minimum Gasteiger partial charge on any atom is -0.267 e. The second-order valence-corrected chi connectivity index (χ2v) is 8.11. The second-order valence-electron chi connectivity index (χ2n) is 6.17. The Balaban J connectivity index is 1.69. The molecule has 1 aliphatic heterocycles. The quantitative estimate of drug-likeness (QED) is 0.849. The molecule has 0 spiro atoms. The number of carbonyl (C=O) groups excluding carboxylic acids is 1. The summed E-state index contributed by atoms with van der Waals surface area (Å²) < 4.78 is 26.4. The van der Waals surface area contributed by atoms with Crippen molar-refractivity contribution in [2.24, 2.45) is 5.10 Å². The minimum atomic E-state index is -3.45. The average molecular weight is 347 g/mol. The van der Waals surface area contributed by atoms with Gasteiger partial charge in [0.1, 0.15) is 0 Å². The zero-order valence-electron chi connectivity index (χ0n) is 13.7. The monoisotopic (exact) mass is 347 g/mol. The number of amides is 1. The van der Waals surface area contributed by atoms with Crippen molar-refractivity contribution in [2.45, 2.75) is 37.5 Å². The van der Waals surface area contributed by atoms with Crippen LogP contribution in [0.5, 0.6) is 0 Å². The highest BCUT2D eigenvalue weighted by molar-refractivity contribution is 7.89. The lowest BCUT2D eigenvalue weighted by Gasteiger charge is -2.15. The summed E-state index contributed by atoms with van der Waals surface area (Å²) in [4.78, 5) is 12.3. The van der Waals surface area contributed by atoms with Crippen LogP contribution < -0.4 is 5.43 Å². The number of hydrogen-bond donors (Lipinski definition) is 1. The number of rotatable bonds is 4. The molecule has 3 rings (SSSR count). The zero-order valence-corrected chi connectivity index (χ0v) is 14.5. The first-order valence-corrected chi connectivity index (χ1v) is 9.55. The highest BCUT2D eigenvalue weighted by Gasteiger charge is 2.27. The van der Waals surface area contributed by atoms with E-state index in [0.29, 0.717) is 18.7 Å². The van der Waals surface area contributed by atoms with Crippen LogP contribution in [0, 0.1) is 0 Å². The molecule has 128 valence electrons. The van der Waals surface area contributed by atoms with Crippen molar-refractivity contribution in [3.63, 3.8) is 0 Å². The van der Waals surface area contributed by atoms with Crippen LogP contribution in [-0.2, 0) is 10.0 Å². The molecule has 1 aliphatic carbocycles. The molecule has 1 heterocycles. The van der Waals surface area contributed by atoms with Crippen molar-refractivity contribution < 1.29 is 13.2 Å². The fraction of sp³-hybridized carbons (Fsp3) is 0.412. The van der Waals surface area contributed by atoms with Gasteiger partial charge in [-0.25, -0.2) is 13.8 Å². The molecular weight excluding hydrogens is 326 g/mol. The van der Waals surface area contributed by atoms with E-state index >= 15 is 0 Å². The minimum absolute atomic E-state index is 0.224. The SMILES string of the molecule is CC1=C/C(=N\NC(=O)c2ccc(S(=O)(=O)N3CCCC3)cc2)CC1. The standard InChI is InChI=1S/C17H21N3O3S/c1-13-4-7-15(12-13)18-19-17(21)14-5-8-16(9-6-14)24(22,23)20-10-2-3-11-20/h5-6,8-9,12H,2-4,7,10-11H2,1H3,(H,19,21)/b18-15-. The largest absolute Gasteiger partial charge is 0.271 e. The van der Waals surface area contributed by atoms with E-state index in [1.807, 2.05) is 13.0 Å². The number of nitrogens with zero attached hydrogens (tertiary/aromatic N) is 2. The van der Waals surface area contributed by atoms with E-state index in [0.717, 1.165) is 31.4 Å². The molecule has 2 aliphatic rings. The molecule has 1 amide bonds. The van der Waals surface area contributed by atoms with Gasteiger partial charge in [0, 0.05) is 18.7 Å². The first-order chi connectivity index (χ1) is 11.5. The van der Waals surface area contributed by atoms with Crippen LogP contribution in [0.4, 0.5) is 0 Å². The Morgan fingerprint density at radius 1 is 1.12 bits per heavy atom. The molecule has 1 saturated heterocycles. The summed E-state index contributed by atoms with van der Waals surface area (Å²) in [6.07, 6.45) is 5.56. The second kappa shape index (κ2) is 6.86. The Labute approximate surface area is 142 Å². The summed E-state index contributed by atoms with van der Waals surface area (Å²) in [7, 11) is -3.45. The molecule has 6 nitrogen and oxygen atoms in total. The van der Waals surface area contributed by atoms with Gasteiger partial charge >= 0.3 is 0 Å². The van der Waals surface area contributed by atoms with Crippen molar-refractivity contribution >= 4 is 21.6 Å². The van der Waals surface area contributed by atoms with Crippen molar-refractivity contribution in [3.05, 3.63) is 41.5 Å². The van der Waals surface area contributed by atoms with Gasteiger partial charge in [-0.05, 0) is 62.9 Å². The Hall–Kier alpha value is -1.99. The van der Waals surface area contributed by atoms with E-state index in [4.69, 9.17) is 0 Å². The smallest absolute Gasteiger partial charge is 0.267 e. The molecule has 1 N–H and O–H groups in total. The van der Waals surface area contributed by atoms with E-state index in [1.165, 1.54) is 34.1 Å². The number of hydrazone groups is 1. The van der Waals surface area contributed by atoms with E-state index in [9.17, 15) is 13.2 Å². The third kappa shape index (κ3) is 3.57. The van der Waals surface area contributed by atoms with E-state index in [-0.39, 0.29) is 10.8 Å². The summed E-state index contributed by atoms with van der Waals surface area (Å²) >= 11 is 0. The number of benzene rings is 1. The van der Waals surface area contributed by atoms with Gasteiger partial charge in [-0.1, -0.05) is 5.57 Å². The number of carbonyl (C=O) groups is 1. The molecule has 0 saturated carbocycles. The van der Waals surface area contributed by atoms with E-state index in [2.05, 4.69) is 10.5 Å². The van der Waals surface area contributed by atoms with Crippen LogP contribution in [0.25, 0.3) is 0 Å². The van der Waals surface area contributed by atoms with Gasteiger partial charge in [0.05, 0.1) is 10.6 Å². The number of allylic oxidation sites excluding steroid dienone is 2. The van der Waals surface area contributed by atoms with Crippen molar-refractivity contribution in [1.29, 1.82) is 0 Å². The number of nitrogens with one attached hydrogen (secondary N) is 1. The molecular formula is C17H21N3O3S. The topological polar surface area (TPSA) is 78.8 Å². The van der Waals surface area contributed by atoms with Crippen LogP contribution in [0.15, 0.2) is 45.9 Å². The molecule has 0 unspecified atom stereocenters. The van der Waals surface area contributed by atoms with Gasteiger partial charge < -0.3 is 0 Å². The van der Waals surface area contributed by atoms with Gasteiger partial charge in [0.2, 0.25) is 10.0 Å². The van der Waals surface area contributed by atoms with Gasteiger partial charge in [0.15, 0.2) is 0 Å². The van der Waals surface area contributed by atoms with Gasteiger partial charge in [-0.15, -0.1) is 0 Å². The third-order valence-corrected chi connectivity index (χ3v) is 6.22. The third-order valence-electron chi connectivity index (χ3n) is 4.31. The molecule has 0 atom stereocenters. The summed E-state index contributed by atoms with van der Waals surface area (Å²) in [6, 6.07) is 6.01. The average Bonchev–Trinajstić information content (AvgIpc) is 3.24. The molecule has 1 fully saturated rings. The normalized spacial score (nSPS) is 20.4. The Bertz CT molecular complexity index is 789. The Morgan fingerprint density at radius 3 is 2.38 bits per heavy atom. The molecule has 7 heteroatoms. The number of hydrogen-bond acceptors (Lipinski definition) is 4. The summed E-state index contributed by atoms with van der Waals surface area (Å²) in [6.45, 7) is 3.16. The zero-order chi connectivity index (χ0) is 17.2. The fourth-order valence-corrected chi connectivity index (χ4v) is 4.40. The predicted molar refractivity (Wildman–Crippen MR) is 92.3 cm³/mol. The molecule has 0 aromatic heterocycles. The van der Waals surface area contributed by atoms with Gasteiger partial charge in [0.25, 0.3) is 5.91 Å². The molecule has 24 heavy (non-hydrogen) atoms. The molecule has 1 aromatic rings. The van der Waals surface area contributed by atoms with Crippen LogP contribution in [0.1, 0.15) is 43.0 Å². The number of sulfonamides is 1. The summed E-state index contributed by atoms with van der Waals surface area (Å²) in [5.41, 5.74) is 5.01. The Kier molecular flexibility index (Phi) is 4.82. The van der Waals surface area contributed by atoms with E-state index in [1.54, 1.807) is 0 Å². The van der Waals surface area contributed by atoms with Crippen molar-refractivity contribution in [2.75, 3.05) is 13.1 Å². The van der Waals surface area contributed by atoms with Crippen molar-refractivity contribution in [3.8, 4) is 0 Å². The van der Waals surface area contributed by atoms with Crippen LogP contribution >= 0.6 is 0 Å². The lowest BCUT2D eigenvalue weighted by atomic mass is 10.2. The first-order valence-electron chi connectivity index (χ1n) is 8.11. The maximum absolute atomic E-state index is 12.4. The van der Waals surface area contributed by atoms with Crippen LogP contribution in [0.2, 0.25) is 0 Å². The lowest BCUT2D eigenvalue weighted by molar-refractivity contribution is 0.0954. The maximum atomic E-state index is 12.4. The summed E-state index contributed by atoms with van der Waals surface area (Å²) in [5, 5.41) is 4.10. The lowest BCUT2D eigenvalue weighted by Crippen LogP contribution is -2.28. The van der Waals surface area contributed by atoms with Crippen LogP contribution in [-0.4, -0.2) is 37.4 Å². The predicted octanol–water partition coefficient (Wildman–Crippen LogP) is 2.30. The summed E-state index contributed by atoms with van der Waals surface area (Å²) in [5.74, 6) is -0.342. The Morgan fingerprint density at radius 2 is 1.79 bits per heavy atom. The first kappa shape index (κ1) is 16.9.